The third-order valence-electron chi connectivity index (χ3n) is 3.19. The lowest BCUT2D eigenvalue weighted by Crippen LogP contribution is -2.41. The summed E-state index contributed by atoms with van der Waals surface area (Å²) in [6, 6.07) is 3.15. The van der Waals surface area contributed by atoms with Crippen molar-refractivity contribution in [2.75, 3.05) is 13.6 Å². The van der Waals surface area contributed by atoms with Crippen molar-refractivity contribution in [3.05, 3.63) is 35.4 Å². The first-order valence-electron chi connectivity index (χ1n) is 6.07. The minimum atomic E-state index is -0.923. The Morgan fingerprint density at radius 3 is 2.79 bits per heavy atom. The summed E-state index contributed by atoms with van der Waals surface area (Å²) in [6.45, 7) is 0.597. The molecule has 0 spiro atoms. The molecule has 1 aromatic rings. The van der Waals surface area contributed by atoms with Gasteiger partial charge in [-0.3, -0.25) is 4.79 Å². The molecular weight excluding hydrogens is 254 g/mol. The molecule has 19 heavy (non-hydrogen) atoms. The van der Waals surface area contributed by atoms with E-state index in [-0.39, 0.29) is 12.5 Å². The second kappa shape index (κ2) is 5.63. The Balaban J connectivity index is 1.98. The Labute approximate surface area is 110 Å². The summed E-state index contributed by atoms with van der Waals surface area (Å²) in [4.78, 5) is 13.5. The molecule has 0 aliphatic carbocycles. The molecule has 0 bridgehead atoms. The molecule has 2 N–H and O–H groups in total. The quantitative estimate of drug-likeness (QED) is 0.848. The van der Waals surface area contributed by atoms with E-state index in [0.29, 0.717) is 18.5 Å². The van der Waals surface area contributed by atoms with Gasteiger partial charge in [-0.25, -0.2) is 8.78 Å². The van der Waals surface area contributed by atoms with Crippen LogP contribution in [0.15, 0.2) is 18.2 Å². The number of aliphatic hydroxyl groups excluding tert-OH is 1. The van der Waals surface area contributed by atoms with Gasteiger partial charge in [-0.1, -0.05) is 6.07 Å². The normalized spacial score (nSPS) is 22.5. The fourth-order valence-corrected chi connectivity index (χ4v) is 2.16. The largest absolute Gasteiger partial charge is 0.392 e. The number of halogens is 2. The van der Waals surface area contributed by atoms with E-state index >= 15 is 0 Å². The highest BCUT2D eigenvalue weighted by Crippen LogP contribution is 2.13. The number of nitrogens with one attached hydrogen (secondary N) is 1. The van der Waals surface area contributed by atoms with Crippen LogP contribution in [0.2, 0.25) is 0 Å². The lowest BCUT2D eigenvalue weighted by atomic mass is 10.1. The van der Waals surface area contributed by atoms with Gasteiger partial charge in [0.25, 0.3) is 0 Å². The van der Waals surface area contributed by atoms with Gasteiger partial charge in [-0.05, 0) is 24.1 Å². The zero-order chi connectivity index (χ0) is 14.0. The van der Waals surface area contributed by atoms with Crippen LogP contribution in [0.25, 0.3) is 0 Å². The van der Waals surface area contributed by atoms with Crippen molar-refractivity contribution in [2.24, 2.45) is 0 Å². The Kier molecular flexibility index (Phi) is 4.11. The van der Waals surface area contributed by atoms with Crippen LogP contribution in [0.5, 0.6) is 0 Å². The Morgan fingerprint density at radius 1 is 1.47 bits per heavy atom. The number of aliphatic hydroxyl groups is 1. The van der Waals surface area contributed by atoms with Gasteiger partial charge in [0.05, 0.1) is 12.1 Å². The molecule has 1 aromatic carbocycles. The average molecular weight is 270 g/mol. The first kappa shape index (κ1) is 13.9. The van der Waals surface area contributed by atoms with Crippen molar-refractivity contribution < 1.29 is 18.7 Å². The maximum absolute atomic E-state index is 13.1. The van der Waals surface area contributed by atoms with Crippen LogP contribution >= 0.6 is 0 Å². The lowest BCUT2D eigenvalue weighted by molar-refractivity contribution is -0.132. The van der Waals surface area contributed by atoms with E-state index in [1.807, 2.05) is 0 Å². The summed E-state index contributed by atoms with van der Waals surface area (Å²) in [5, 5.41) is 12.3. The summed E-state index contributed by atoms with van der Waals surface area (Å²) in [7, 11) is 1.59. The molecule has 0 unspecified atom stereocenters. The van der Waals surface area contributed by atoms with Crippen molar-refractivity contribution in [1.29, 1.82) is 0 Å². The number of nitrogens with zero attached hydrogens (tertiary/aromatic N) is 1. The molecule has 1 saturated heterocycles. The zero-order valence-corrected chi connectivity index (χ0v) is 10.6. The molecule has 0 aromatic heterocycles. The standard InChI is InChI=1S/C13H16F2N2O2/c1-17(13(19)12-5-9(18)6-16-12)7-8-2-3-10(14)11(15)4-8/h2-4,9,12,16,18H,5-7H2,1H3/t9-,12-/m0/s1. The zero-order valence-electron chi connectivity index (χ0n) is 10.6. The van der Waals surface area contributed by atoms with Crippen molar-refractivity contribution in [3.8, 4) is 0 Å². The summed E-state index contributed by atoms with van der Waals surface area (Å²) < 4.78 is 25.8. The molecule has 1 aliphatic rings. The van der Waals surface area contributed by atoms with E-state index in [1.165, 1.54) is 11.0 Å². The number of β-amino-alcohol motifs (C(OH)–C–C–N with tert-alkyl or cyclic N) is 1. The third kappa shape index (κ3) is 3.27. The molecule has 0 radical (unpaired) electrons. The van der Waals surface area contributed by atoms with Gasteiger partial charge in [0, 0.05) is 20.1 Å². The number of carbonyl (C=O) groups is 1. The predicted octanol–water partition coefficient (Wildman–Crippen LogP) is 0.646. The van der Waals surface area contributed by atoms with Gasteiger partial charge < -0.3 is 15.3 Å². The molecule has 6 heteroatoms. The molecule has 4 nitrogen and oxygen atoms in total. The topological polar surface area (TPSA) is 52.6 Å². The summed E-state index contributed by atoms with van der Waals surface area (Å²) in [5.74, 6) is -1.99. The van der Waals surface area contributed by atoms with Crippen LogP contribution in [0, 0.1) is 11.6 Å². The second-order valence-corrected chi connectivity index (χ2v) is 4.79. The fraction of sp³-hybridized carbons (Fsp3) is 0.462. The predicted molar refractivity (Wildman–Crippen MR) is 65.2 cm³/mol. The van der Waals surface area contributed by atoms with Crippen LogP contribution in [0.3, 0.4) is 0 Å². The van der Waals surface area contributed by atoms with E-state index in [4.69, 9.17) is 0 Å². The highest BCUT2D eigenvalue weighted by molar-refractivity contribution is 5.82. The van der Waals surface area contributed by atoms with Crippen LogP contribution in [-0.4, -0.2) is 41.7 Å². The molecule has 1 heterocycles. The molecule has 0 saturated carbocycles. The fourth-order valence-electron chi connectivity index (χ4n) is 2.16. The Bertz CT molecular complexity index is 482. The first-order valence-corrected chi connectivity index (χ1v) is 6.07. The van der Waals surface area contributed by atoms with Crippen molar-refractivity contribution in [3.63, 3.8) is 0 Å². The number of carbonyl (C=O) groups excluding carboxylic acids is 1. The van der Waals surface area contributed by atoms with Gasteiger partial charge in [-0.2, -0.15) is 0 Å². The molecule has 2 rings (SSSR count). The molecule has 104 valence electrons. The van der Waals surface area contributed by atoms with Crippen LogP contribution in [0.1, 0.15) is 12.0 Å². The lowest BCUT2D eigenvalue weighted by Gasteiger charge is -2.21. The summed E-state index contributed by atoms with van der Waals surface area (Å²) in [6.07, 6.45) is -0.133. The Hall–Kier alpha value is -1.53. The molecule has 1 aliphatic heterocycles. The van der Waals surface area contributed by atoms with Crippen molar-refractivity contribution in [1.82, 2.24) is 10.2 Å². The van der Waals surface area contributed by atoms with Crippen LogP contribution in [0.4, 0.5) is 8.78 Å². The van der Waals surface area contributed by atoms with Crippen LogP contribution < -0.4 is 5.32 Å². The number of hydrogen-bond donors (Lipinski definition) is 2. The van der Waals surface area contributed by atoms with Gasteiger partial charge in [0.15, 0.2) is 11.6 Å². The molecular formula is C13H16F2N2O2. The number of hydrogen-bond acceptors (Lipinski definition) is 3. The van der Waals surface area contributed by atoms with E-state index in [2.05, 4.69) is 5.32 Å². The van der Waals surface area contributed by atoms with Gasteiger partial charge in [0.1, 0.15) is 0 Å². The number of likely N-dealkylation sites (N-methyl/N-ethyl adjacent to an activating group) is 1. The van der Waals surface area contributed by atoms with E-state index in [1.54, 1.807) is 7.05 Å². The minimum absolute atomic E-state index is 0.165. The maximum atomic E-state index is 13.1. The highest BCUT2D eigenvalue weighted by atomic mass is 19.2. The van der Waals surface area contributed by atoms with Gasteiger partial charge in [0.2, 0.25) is 5.91 Å². The highest BCUT2D eigenvalue weighted by Gasteiger charge is 2.30. The van der Waals surface area contributed by atoms with Crippen LogP contribution in [-0.2, 0) is 11.3 Å². The smallest absolute Gasteiger partial charge is 0.239 e. The van der Waals surface area contributed by atoms with Crippen molar-refractivity contribution >= 4 is 5.91 Å². The minimum Gasteiger partial charge on any atom is -0.392 e. The van der Waals surface area contributed by atoms with Gasteiger partial charge >= 0.3 is 0 Å². The summed E-state index contributed by atoms with van der Waals surface area (Å²) in [5.41, 5.74) is 0.522. The van der Waals surface area contributed by atoms with E-state index < -0.39 is 23.8 Å². The average Bonchev–Trinajstić information content (AvgIpc) is 2.79. The number of amides is 1. The molecule has 1 fully saturated rings. The Morgan fingerprint density at radius 2 is 2.21 bits per heavy atom. The SMILES string of the molecule is CN(Cc1ccc(F)c(F)c1)C(=O)[C@@H]1C[C@H](O)CN1. The summed E-state index contributed by atoms with van der Waals surface area (Å²) >= 11 is 0. The third-order valence-corrected chi connectivity index (χ3v) is 3.19. The number of rotatable bonds is 3. The van der Waals surface area contributed by atoms with Gasteiger partial charge in [-0.15, -0.1) is 0 Å². The monoisotopic (exact) mass is 270 g/mol. The second-order valence-electron chi connectivity index (χ2n) is 4.79. The first-order chi connectivity index (χ1) is 8.97. The maximum Gasteiger partial charge on any atom is 0.239 e. The number of benzene rings is 1. The molecule has 2 atom stereocenters. The van der Waals surface area contributed by atoms with E-state index in [0.717, 1.165) is 12.1 Å². The molecule has 1 amide bonds. The van der Waals surface area contributed by atoms with E-state index in [9.17, 15) is 18.7 Å². The van der Waals surface area contributed by atoms with Crippen molar-refractivity contribution in [2.45, 2.75) is 25.1 Å².